The molecule has 0 bridgehead atoms. The molecule has 1 rings (SSSR count). The van der Waals surface area contributed by atoms with Crippen molar-refractivity contribution >= 4 is 21.4 Å². The van der Waals surface area contributed by atoms with Gasteiger partial charge in [0.15, 0.2) is 5.78 Å². The van der Waals surface area contributed by atoms with Crippen molar-refractivity contribution in [1.29, 1.82) is 0 Å². The molecule has 1 unspecified atom stereocenters. The summed E-state index contributed by atoms with van der Waals surface area (Å²) in [5.41, 5.74) is 1.22. The molecule has 1 aliphatic carbocycles. The van der Waals surface area contributed by atoms with Gasteiger partial charge in [-0.2, -0.15) is 0 Å². The lowest BCUT2D eigenvalue weighted by Crippen LogP contribution is -2.32. The molecule has 0 amide bonds. The number of rotatable bonds is 8. The van der Waals surface area contributed by atoms with Crippen molar-refractivity contribution in [3.05, 3.63) is 37.0 Å². The first-order valence-corrected chi connectivity index (χ1v) is 8.91. The van der Waals surface area contributed by atoms with E-state index in [0.717, 1.165) is 19.3 Å². The monoisotopic (exact) mass is 290 g/mol. The van der Waals surface area contributed by atoms with Crippen LogP contribution >= 0.6 is 8.03 Å². The van der Waals surface area contributed by atoms with E-state index in [9.17, 15) is 4.79 Å². The summed E-state index contributed by atoms with van der Waals surface area (Å²) in [6, 6.07) is 0. The van der Waals surface area contributed by atoms with E-state index >= 15 is 0 Å². The second-order valence-corrected chi connectivity index (χ2v) is 6.62. The lowest BCUT2D eigenvalue weighted by atomic mass is 9.77. The Hall–Kier alpha value is -0.655. The largest absolute Gasteiger partial charge is 0.363 e. The molecule has 0 saturated heterocycles. The zero-order valence-corrected chi connectivity index (χ0v) is 13.4. The Morgan fingerprint density at radius 3 is 2.65 bits per heavy atom. The van der Waals surface area contributed by atoms with Crippen LogP contribution < -0.4 is 0 Å². The fourth-order valence-corrected chi connectivity index (χ4v) is 3.45. The predicted molar refractivity (Wildman–Crippen MR) is 88.1 cm³/mol. The van der Waals surface area contributed by atoms with E-state index in [4.69, 9.17) is 12.1 Å². The number of carbonyl (C=O) groups is 1. The Kier molecular flexibility index (Phi) is 7.47. The van der Waals surface area contributed by atoms with Crippen molar-refractivity contribution in [2.24, 2.45) is 11.8 Å². The van der Waals surface area contributed by atoms with Crippen molar-refractivity contribution in [3.8, 4) is 0 Å². The molecule has 4 atom stereocenters. The number of allylic oxidation sites excluding steroid dienone is 3. The minimum Gasteiger partial charge on any atom is -0.363 e. The molecule has 0 heterocycles. The van der Waals surface area contributed by atoms with Gasteiger partial charge in [0.05, 0.1) is 6.10 Å². The summed E-state index contributed by atoms with van der Waals surface area (Å²) in [4.78, 5) is 12.3. The zero-order chi connectivity index (χ0) is 15.1. The quantitative estimate of drug-likeness (QED) is 0.290. The Labute approximate surface area is 125 Å². The number of ketones is 1. The minimum atomic E-state index is -0.972. The van der Waals surface area contributed by atoms with Gasteiger partial charge >= 0.3 is 0 Å². The molecule has 108 valence electrons. The predicted octanol–water partition coefficient (Wildman–Crippen LogP) is 4.18. The molecule has 0 aromatic heterocycles. The summed E-state index contributed by atoms with van der Waals surface area (Å²) < 4.78 is 5.74. The van der Waals surface area contributed by atoms with E-state index < -0.39 is 8.03 Å². The van der Waals surface area contributed by atoms with Crippen LogP contribution in [-0.2, 0) is 9.32 Å². The third-order valence-electron chi connectivity index (χ3n) is 3.80. The molecule has 0 N–H and O–H groups in total. The molecular weight excluding hydrogens is 266 g/mol. The van der Waals surface area contributed by atoms with Gasteiger partial charge in [-0.05, 0) is 52.4 Å². The third kappa shape index (κ3) is 4.72. The van der Waals surface area contributed by atoms with E-state index in [1.54, 1.807) is 6.08 Å². The van der Waals surface area contributed by atoms with Gasteiger partial charge < -0.3 is 4.52 Å². The fraction of sp³-hybridized carbons (Fsp3) is 0.562. The van der Waals surface area contributed by atoms with Crippen LogP contribution in [0.15, 0.2) is 37.0 Å². The molecular formula is C16H24BO2P. The van der Waals surface area contributed by atoms with E-state index in [-0.39, 0.29) is 23.7 Å². The van der Waals surface area contributed by atoms with Crippen LogP contribution in [0.4, 0.5) is 0 Å². The first kappa shape index (κ1) is 17.4. The first-order chi connectivity index (χ1) is 9.51. The standard InChI is InChI=1S/C16H24BO2P/c1-5-14(18)16(13-10-8-7-9-11-13)12(3)15(6-2)19-20(4)17/h5-6,10,12,15-16H,1-2,7-9,11H2,3-4H3/t12-,15-,16-,20?/m1/s1. The second-order valence-electron chi connectivity index (χ2n) is 5.32. The summed E-state index contributed by atoms with van der Waals surface area (Å²) >= 11 is 0. The molecule has 20 heavy (non-hydrogen) atoms. The Balaban J connectivity index is 2.96. The van der Waals surface area contributed by atoms with Crippen LogP contribution in [0.1, 0.15) is 32.6 Å². The summed E-state index contributed by atoms with van der Waals surface area (Å²) in [6.45, 7) is 11.3. The van der Waals surface area contributed by atoms with Crippen molar-refractivity contribution in [1.82, 2.24) is 0 Å². The van der Waals surface area contributed by atoms with Gasteiger partial charge in [0, 0.05) is 5.92 Å². The van der Waals surface area contributed by atoms with E-state index in [1.165, 1.54) is 18.1 Å². The van der Waals surface area contributed by atoms with E-state index in [1.807, 2.05) is 13.6 Å². The molecule has 1 aliphatic rings. The zero-order valence-electron chi connectivity index (χ0n) is 12.5. The molecule has 2 nitrogen and oxygen atoms in total. The van der Waals surface area contributed by atoms with E-state index in [2.05, 4.69) is 19.2 Å². The van der Waals surface area contributed by atoms with Crippen LogP contribution in [0.2, 0.25) is 0 Å². The lowest BCUT2D eigenvalue weighted by Gasteiger charge is -2.32. The summed E-state index contributed by atoms with van der Waals surface area (Å²) in [5, 5.41) is 0. The maximum absolute atomic E-state index is 12.3. The van der Waals surface area contributed by atoms with Crippen LogP contribution in [0.5, 0.6) is 0 Å². The van der Waals surface area contributed by atoms with E-state index in [0.29, 0.717) is 0 Å². The average Bonchev–Trinajstić information content (AvgIpc) is 2.45. The highest BCUT2D eigenvalue weighted by Gasteiger charge is 2.32. The van der Waals surface area contributed by atoms with Gasteiger partial charge in [0.25, 0.3) is 0 Å². The van der Waals surface area contributed by atoms with Gasteiger partial charge in [0.1, 0.15) is 7.57 Å². The smallest absolute Gasteiger partial charge is 0.162 e. The maximum atomic E-state index is 12.3. The third-order valence-corrected chi connectivity index (χ3v) is 4.37. The van der Waals surface area contributed by atoms with Crippen LogP contribution in [0.3, 0.4) is 0 Å². The highest BCUT2D eigenvalue weighted by atomic mass is 31.1. The second kappa shape index (κ2) is 8.59. The Bertz CT molecular complexity index is 390. The fourth-order valence-electron chi connectivity index (χ4n) is 2.79. The molecule has 0 saturated carbocycles. The van der Waals surface area contributed by atoms with Gasteiger partial charge in [-0.1, -0.05) is 31.2 Å². The topological polar surface area (TPSA) is 26.3 Å². The molecule has 0 fully saturated rings. The maximum Gasteiger partial charge on any atom is 0.162 e. The SMILES string of the molecule is [B]P(C)O[C@H](C=C)[C@@H](C)[C@@H](C(=O)C=C)C1=CCCCC1. The summed E-state index contributed by atoms with van der Waals surface area (Å²) in [5.74, 6) is -0.0693. The Morgan fingerprint density at radius 1 is 1.50 bits per heavy atom. The van der Waals surface area contributed by atoms with Crippen molar-refractivity contribution in [3.63, 3.8) is 0 Å². The van der Waals surface area contributed by atoms with Crippen molar-refractivity contribution < 1.29 is 9.32 Å². The molecule has 0 aliphatic heterocycles. The van der Waals surface area contributed by atoms with Crippen LogP contribution in [-0.4, -0.2) is 26.1 Å². The van der Waals surface area contributed by atoms with Crippen LogP contribution in [0, 0.1) is 11.8 Å². The average molecular weight is 290 g/mol. The first-order valence-electron chi connectivity index (χ1n) is 7.14. The lowest BCUT2D eigenvalue weighted by molar-refractivity contribution is -0.119. The minimum absolute atomic E-state index is 0.0239. The van der Waals surface area contributed by atoms with Crippen molar-refractivity contribution in [2.45, 2.75) is 38.7 Å². The molecule has 4 heteroatoms. The molecule has 0 aromatic carbocycles. The highest BCUT2D eigenvalue weighted by Crippen LogP contribution is 2.37. The number of carbonyl (C=O) groups excluding carboxylic acids is 1. The van der Waals surface area contributed by atoms with Gasteiger partial charge in [-0.3, -0.25) is 4.79 Å². The molecule has 0 aromatic rings. The summed E-state index contributed by atoms with van der Waals surface area (Å²) in [7, 11) is 4.80. The van der Waals surface area contributed by atoms with Gasteiger partial charge in [-0.25, -0.2) is 0 Å². The number of hydrogen-bond acceptors (Lipinski definition) is 2. The Morgan fingerprint density at radius 2 is 2.20 bits per heavy atom. The highest BCUT2D eigenvalue weighted by molar-refractivity contribution is 7.77. The van der Waals surface area contributed by atoms with Crippen LogP contribution in [0.25, 0.3) is 0 Å². The van der Waals surface area contributed by atoms with Gasteiger partial charge in [0.2, 0.25) is 0 Å². The summed E-state index contributed by atoms with van der Waals surface area (Å²) in [6.07, 6.45) is 9.59. The van der Waals surface area contributed by atoms with Crippen molar-refractivity contribution in [2.75, 3.05) is 6.66 Å². The number of hydrogen-bond donors (Lipinski definition) is 0. The van der Waals surface area contributed by atoms with Gasteiger partial charge in [-0.15, -0.1) is 6.58 Å². The molecule has 0 spiro atoms. The molecule has 2 radical (unpaired) electrons. The normalized spacial score (nSPS) is 21.2.